The highest BCUT2D eigenvalue weighted by Gasteiger charge is 2.67. The van der Waals surface area contributed by atoms with E-state index in [4.69, 9.17) is 4.74 Å². The van der Waals surface area contributed by atoms with E-state index >= 15 is 0 Å². The summed E-state index contributed by atoms with van der Waals surface area (Å²) in [5.74, 6) is 0.862. The molecule has 6 fully saturated rings. The van der Waals surface area contributed by atoms with E-state index < -0.39 is 5.60 Å². The number of morpholine rings is 1. The van der Waals surface area contributed by atoms with Crippen LogP contribution in [0.15, 0.2) is 0 Å². The Hall–Kier alpha value is -0.120. The van der Waals surface area contributed by atoms with Crippen molar-refractivity contribution in [2.45, 2.75) is 82.9 Å². The summed E-state index contributed by atoms with van der Waals surface area (Å²) in [6.45, 7) is 6.59. The molecule has 6 bridgehead atoms. The lowest BCUT2D eigenvalue weighted by atomic mass is 9.36. The van der Waals surface area contributed by atoms with E-state index in [0.717, 1.165) is 32.0 Å². The van der Waals surface area contributed by atoms with Crippen LogP contribution in [0.3, 0.4) is 0 Å². The van der Waals surface area contributed by atoms with Crippen molar-refractivity contribution in [1.82, 2.24) is 5.32 Å². The second kappa shape index (κ2) is 4.10. The summed E-state index contributed by atoms with van der Waals surface area (Å²) in [5, 5.41) is 15.5. The zero-order valence-corrected chi connectivity index (χ0v) is 14.2. The van der Waals surface area contributed by atoms with Gasteiger partial charge in [-0.05, 0) is 68.1 Å². The second-order valence-corrected chi connectivity index (χ2v) is 10.4. The Bertz CT molecular complexity index is 474. The molecule has 0 radical (unpaired) electrons. The van der Waals surface area contributed by atoms with Crippen molar-refractivity contribution >= 4 is 0 Å². The summed E-state index contributed by atoms with van der Waals surface area (Å²) in [6, 6.07) is 0.734. The molecule has 6 rings (SSSR count). The summed E-state index contributed by atoms with van der Waals surface area (Å²) < 4.78 is 5.71. The first kappa shape index (κ1) is 14.2. The van der Waals surface area contributed by atoms with E-state index in [2.05, 4.69) is 19.2 Å². The van der Waals surface area contributed by atoms with Crippen molar-refractivity contribution < 1.29 is 9.84 Å². The minimum Gasteiger partial charge on any atom is -0.389 e. The van der Waals surface area contributed by atoms with Crippen molar-refractivity contribution in [3.8, 4) is 0 Å². The Morgan fingerprint density at radius 1 is 0.864 bits per heavy atom. The molecule has 4 atom stereocenters. The number of hydrogen-bond acceptors (Lipinski definition) is 3. The Morgan fingerprint density at radius 2 is 1.45 bits per heavy atom. The van der Waals surface area contributed by atoms with Crippen molar-refractivity contribution in [3.05, 3.63) is 0 Å². The Labute approximate surface area is 134 Å². The van der Waals surface area contributed by atoms with E-state index in [0.29, 0.717) is 22.9 Å². The van der Waals surface area contributed by atoms with Gasteiger partial charge in [0.1, 0.15) is 0 Å². The van der Waals surface area contributed by atoms with Crippen molar-refractivity contribution in [2.75, 3.05) is 13.2 Å². The van der Waals surface area contributed by atoms with Gasteiger partial charge >= 0.3 is 0 Å². The van der Waals surface area contributed by atoms with Gasteiger partial charge in [-0.15, -0.1) is 0 Å². The van der Waals surface area contributed by atoms with E-state index in [1.54, 1.807) is 0 Å². The maximum atomic E-state index is 11.9. The van der Waals surface area contributed by atoms with Crippen LogP contribution in [0.5, 0.6) is 0 Å². The van der Waals surface area contributed by atoms with E-state index in [1.807, 2.05) is 0 Å². The fraction of sp³-hybridized carbons (Fsp3) is 1.00. The molecule has 4 aliphatic carbocycles. The third-order valence-corrected chi connectivity index (χ3v) is 7.89. The fourth-order valence-corrected chi connectivity index (χ4v) is 8.32. The van der Waals surface area contributed by atoms with Crippen molar-refractivity contribution in [1.29, 1.82) is 0 Å². The summed E-state index contributed by atoms with van der Waals surface area (Å²) in [5.41, 5.74) is 0.700. The molecule has 4 saturated carbocycles. The van der Waals surface area contributed by atoms with Crippen LogP contribution in [0.1, 0.15) is 65.2 Å². The van der Waals surface area contributed by atoms with Gasteiger partial charge in [0, 0.05) is 17.5 Å². The van der Waals surface area contributed by atoms with E-state index in [1.165, 1.54) is 38.5 Å². The molecule has 0 aromatic carbocycles. The summed E-state index contributed by atoms with van der Waals surface area (Å²) in [7, 11) is 0. The lowest BCUT2D eigenvalue weighted by Gasteiger charge is -2.70. The third kappa shape index (κ3) is 1.85. The lowest BCUT2D eigenvalue weighted by Crippen LogP contribution is -2.69. The summed E-state index contributed by atoms with van der Waals surface area (Å²) in [4.78, 5) is 0. The highest BCUT2D eigenvalue weighted by molar-refractivity contribution is 5.18. The van der Waals surface area contributed by atoms with Crippen LogP contribution in [-0.4, -0.2) is 36.0 Å². The first-order chi connectivity index (χ1) is 10.3. The maximum Gasteiger partial charge on any atom is 0.0735 e. The van der Waals surface area contributed by atoms with Crippen LogP contribution < -0.4 is 5.32 Å². The third-order valence-electron chi connectivity index (χ3n) is 7.89. The van der Waals surface area contributed by atoms with Crippen LogP contribution in [0.4, 0.5) is 0 Å². The normalized spacial score (nSPS) is 63.1. The molecule has 3 nitrogen and oxygen atoms in total. The number of piperidine rings is 1. The minimum absolute atomic E-state index is 0.186. The molecule has 0 spiro atoms. The van der Waals surface area contributed by atoms with Gasteiger partial charge in [0.05, 0.1) is 18.8 Å². The molecule has 4 unspecified atom stereocenters. The van der Waals surface area contributed by atoms with Crippen molar-refractivity contribution in [2.24, 2.45) is 22.2 Å². The van der Waals surface area contributed by atoms with Crippen LogP contribution in [-0.2, 0) is 4.74 Å². The second-order valence-electron chi connectivity index (χ2n) is 10.4. The van der Waals surface area contributed by atoms with E-state index in [-0.39, 0.29) is 5.41 Å². The van der Waals surface area contributed by atoms with Gasteiger partial charge in [-0.3, -0.25) is 0 Å². The number of hydrogen-bond donors (Lipinski definition) is 2. The van der Waals surface area contributed by atoms with Gasteiger partial charge in [-0.2, -0.15) is 0 Å². The lowest BCUT2D eigenvalue weighted by molar-refractivity contribution is -0.244. The molecule has 2 saturated heterocycles. The Morgan fingerprint density at radius 3 is 2.00 bits per heavy atom. The molecular weight excluding hydrogens is 274 g/mol. The molecule has 0 aromatic rings. The molecular formula is C19H31NO2. The summed E-state index contributed by atoms with van der Waals surface area (Å²) in [6.07, 6.45) is 9.84. The number of ether oxygens (including phenoxy) is 1. The molecule has 2 heterocycles. The van der Waals surface area contributed by atoms with Gasteiger partial charge in [0.25, 0.3) is 0 Å². The van der Waals surface area contributed by atoms with Crippen LogP contribution >= 0.6 is 0 Å². The average molecular weight is 305 g/mol. The smallest absolute Gasteiger partial charge is 0.0735 e. The number of fused-ring (bicyclic) bond motifs is 2. The minimum atomic E-state index is -0.459. The zero-order valence-electron chi connectivity index (χ0n) is 14.2. The van der Waals surface area contributed by atoms with Crippen LogP contribution in [0, 0.1) is 22.2 Å². The van der Waals surface area contributed by atoms with Crippen LogP contribution in [0.2, 0.25) is 0 Å². The van der Waals surface area contributed by atoms with Crippen LogP contribution in [0.25, 0.3) is 0 Å². The maximum absolute atomic E-state index is 11.9. The molecule has 3 heteroatoms. The molecule has 0 aromatic heterocycles. The number of rotatable bonds is 1. The largest absolute Gasteiger partial charge is 0.389 e. The number of nitrogens with one attached hydrogen (secondary N) is 1. The van der Waals surface area contributed by atoms with Gasteiger partial charge in [0.2, 0.25) is 0 Å². The highest BCUT2D eigenvalue weighted by Crippen LogP contribution is 2.73. The topological polar surface area (TPSA) is 41.5 Å². The van der Waals surface area contributed by atoms with Gasteiger partial charge in [0.15, 0.2) is 0 Å². The molecule has 6 aliphatic rings. The van der Waals surface area contributed by atoms with Gasteiger partial charge in [-0.1, -0.05) is 13.8 Å². The van der Waals surface area contributed by atoms with Gasteiger partial charge < -0.3 is 15.2 Å². The fourth-order valence-electron chi connectivity index (χ4n) is 8.32. The first-order valence-corrected chi connectivity index (χ1v) is 9.38. The Balaban J connectivity index is 1.53. The monoisotopic (exact) mass is 305 g/mol. The molecule has 0 amide bonds. The molecule has 22 heavy (non-hydrogen) atoms. The van der Waals surface area contributed by atoms with Crippen molar-refractivity contribution in [3.63, 3.8) is 0 Å². The highest BCUT2D eigenvalue weighted by atomic mass is 16.5. The SMILES string of the molecule is CC12CC3CC(C)(C1)CC(C1(O)CC4COCC(C1)N4)(C3)C2. The van der Waals surface area contributed by atoms with E-state index in [9.17, 15) is 5.11 Å². The molecule has 124 valence electrons. The standard InChI is InChI=1S/C19H31NO2/c1-16-3-13-4-17(2,10-16)12-18(5-13,11-16)19(21)6-14-8-22-9-15(7-19)20-14/h13-15,20-21H,3-12H2,1-2H3. The predicted octanol–water partition coefficient (Wildman–Crippen LogP) is 2.86. The predicted molar refractivity (Wildman–Crippen MR) is 85.6 cm³/mol. The zero-order chi connectivity index (χ0) is 15.2. The first-order valence-electron chi connectivity index (χ1n) is 9.38. The molecule has 2 N–H and O–H groups in total. The number of aliphatic hydroxyl groups is 1. The quantitative estimate of drug-likeness (QED) is 0.783. The summed E-state index contributed by atoms with van der Waals surface area (Å²) >= 11 is 0. The van der Waals surface area contributed by atoms with Gasteiger partial charge in [-0.25, -0.2) is 0 Å². The average Bonchev–Trinajstić information content (AvgIpc) is 2.33. The Kier molecular flexibility index (Phi) is 2.65. The molecule has 2 aliphatic heterocycles.